The number of halogens is 1. The summed E-state index contributed by atoms with van der Waals surface area (Å²) in [5.41, 5.74) is 6.72. The SMILES string of the molecule is CCCC(C)(Br)OP(=O)(OCC#C[Si](C)(C)C(C)(C)C)OCC#C[Si](C)(C)C(C)(C)C. The molecule has 0 radical (unpaired) electrons. The predicted molar refractivity (Wildman–Crippen MR) is 143 cm³/mol. The van der Waals surface area contributed by atoms with E-state index >= 15 is 0 Å². The third-order valence-corrected chi connectivity index (χ3v) is 17.6. The molecule has 0 aromatic rings. The topological polar surface area (TPSA) is 44.8 Å². The van der Waals surface area contributed by atoms with E-state index in [1.165, 1.54) is 0 Å². The van der Waals surface area contributed by atoms with Crippen LogP contribution < -0.4 is 0 Å². The number of phosphoric ester groups is 1. The molecule has 8 heteroatoms. The largest absolute Gasteiger partial charge is 0.478 e. The van der Waals surface area contributed by atoms with Gasteiger partial charge in [0.15, 0.2) is 0 Å². The highest BCUT2D eigenvalue weighted by Gasteiger charge is 2.37. The number of hydrogen-bond donors (Lipinski definition) is 0. The molecule has 0 aliphatic rings. The summed E-state index contributed by atoms with van der Waals surface area (Å²) in [5.74, 6) is 6.11. The predicted octanol–water partition coefficient (Wildman–Crippen LogP) is 8.16. The van der Waals surface area contributed by atoms with Gasteiger partial charge >= 0.3 is 7.82 Å². The summed E-state index contributed by atoms with van der Waals surface area (Å²) in [6, 6.07) is 0. The van der Waals surface area contributed by atoms with Gasteiger partial charge in [0.05, 0.1) is 0 Å². The Balaban J connectivity index is 5.43. The maximum absolute atomic E-state index is 13.3. The van der Waals surface area contributed by atoms with Crippen LogP contribution in [0.25, 0.3) is 0 Å². The number of phosphoric acid groups is 1. The van der Waals surface area contributed by atoms with E-state index in [0.29, 0.717) is 6.42 Å². The highest BCUT2D eigenvalue weighted by Crippen LogP contribution is 2.54. The van der Waals surface area contributed by atoms with E-state index in [-0.39, 0.29) is 23.3 Å². The highest BCUT2D eigenvalue weighted by atomic mass is 79.9. The number of hydrogen-bond acceptors (Lipinski definition) is 4. The van der Waals surface area contributed by atoms with Crippen molar-refractivity contribution < 1.29 is 18.1 Å². The van der Waals surface area contributed by atoms with Crippen molar-refractivity contribution in [3.8, 4) is 22.9 Å². The molecule has 1 unspecified atom stereocenters. The van der Waals surface area contributed by atoms with Gasteiger partial charge in [0.25, 0.3) is 0 Å². The molecule has 0 aliphatic heterocycles. The van der Waals surface area contributed by atoms with E-state index in [0.717, 1.165) is 6.42 Å². The zero-order valence-corrected chi connectivity index (χ0v) is 26.3. The van der Waals surface area contributed by atoms with Crippen molar-refractivity contribution in [3.63, 3.8) is 0 Å². The summed E-state index contributed by atoms with van der Waals surface area (Å²) in [7, 11) is -7.38. The summed E-state index contributed by atoms with van der Waals surface area (Å²) >= 11 is 3.50. The Morgan fingerprint density at radius 3 is 1.45 bits per heavy atom. The fourth-order valence-electron chi connectivity index (χ4n) is 1.93. The standard InChI is InChI=1S/C23H44BrO4PSi2/c1-13-16-23(8,24)28-29(25,26-17-14-19-30(9,10)21(2,3)4)27-18-15-20-31(11,12)22(5,6)7/h13,16-18H2,1-12H3. The average Bonchev–Trinajstić information content (AvgIpc) is 2.53. The van der Waals surface area contributed by atoms with Gasteiger partial charge in [-0.1, -0.05) is 109 Å². The van der Waals surface area contributed by atoms with Crippen LogP contribution in [0.15, 0.2) is 0 Å². The molecular formula is C23H44BrO4PSi2. The fraction of sp³-hybridized carbons (Fsp3) is 0.826. The van der Waals surface area contributed by atoms with Gasteiger partial charge in [0.1, 0.15) is 33.9 Å². The second-order valence-electron chi connectivity index (χ2n) is 11.3. The quantitative estimate of drug-likeness (QED) is 0.132. The average molecular weight is 552 g/mol. The van der Waals surface area contributed by atoms with Crippen LogP contribution in [0, 0.1) is 22.9 Å². The van der Waals surface area contributed by atoms with Crippen LogP contribution in [0.2, 0.25) is 36.3 Å². The monoisotopic (exact) mass is 550 g/mol. The van der Waals surface area contributed by atoms with E-state index in [1.807, 2.05) is 13.8 Å². The summed E-state index contributed by atoms with van der Waals surface area (Å²) in [4.78, 5) is 0. The molecule has 0 aromatic heterocycles. The van der Waals surface area contributed by atoms with Gasteiger partial charge in [0, 0.05) is 0 Å². The Bertz CT molecular complexity index is 705. The Kier molecular flexibility index (Phi) is 11.6. The first-order valence-electron chi connectivity index (χ1n) is 11.0. The second-order valence-corrected chi connectivity index (χ2v) is 24.6. The molecule has 0 heterocycles. The highest BCUT2D eigenvalue weighted by molar-refractivity contribution is 9.10. The van der Waals surface area contributed by atoms with Crippen molar-refractivity contribution in [2.75, 3.05) is 13.2 Å². The van der Waals surface area contributed by atoms with Crippen LogP contribution in [0.3, 0.4) is 0 Å². The first kappa shape index (κ1) is 31.1. The van der Waals surface area contributed by atoms with E-state index < -0.39 is 28.5 Å². The minimum Gasteiger partial charge on any atom is -0.274 e. The summed E-state index contributed by atoms with van der Waals surface area (Å²) in [6.07, 6.45) is 1.52. The molecule has 0 saturated carbocycles. The van der Waals surface area contributed by atoms with Gasteiger partial charge < -0.3 is 0 Å². The third-order valence-electron chi connectivity index (χ3n) is 6.14. The van der Waals surface area contributed by atoms with Gasteiger partial charge in [-0.25, -0.2) is 4.57 Å². The normalized spacial score (nSPS) is 15.4. The summed E-state index contributed by atoms with van der Waals surface area (Å²) in [6.45, 7) is 25.9. The van der Waals surface area contributed by atoms with Gasteiger partial charge in [-0.05, 0) is 23.4 Å². The smallest absolute Gasteiger partial charge is 0.274 e. The molecule has 0 spiro atoms. The molecule has 0 fully saturated rings. The number of alkyl halides is 1. The molecule has 0 N–H and O–H groups in total. The zero-order valence-electron chi connectivity index (χ0n) is 21.8. The molecule has 31 heavy (non-hydrogen) atoms. The van der Waals surface area contributed by atoms with Crippen LogP contribution in [-0.2, 0) is 18.1 Å². The first-order valence-corrected chi connectivity index (χ1v) is 19.2. The molecule has 0 rings (SSSR count). The van der Waals surface area contributed by atoms with Gasteiger partial charge in [-0.2, -0.15) is 0 Å². The van der Waals surface area contributed by atoms with Crippen molar-refractivity contribution in [1.82, 2.24) is 0 Å². The fourth-order valence-corrected chi connectivity index (χ4v) is 5.82. The van der Waals surface area contributed by atoms with E-state index in [2.05, 4.69) is 107 Å². The van der Waals surface area contributed by atoms with Crippen LogP contribution in [0.5, 0.6) is 0 Å². The molecular weight excluding hydrogens is 507 g/mol. The summed E-state index contributed by atoms with van der Waals surface area (Å²) in [5, 5.41) is 0.289. The van der Waals surface area contributed by atoms with Crippen molar-refractivity contribution in [2.24, 2.45) is 0 Å². The second kappa shape index (κ2) is 11.5. The molecule has 0 aliphatic carbocycles. The van der Waals surface area contributed by atoms with Crippen LogP contribution in [-0.4, -0.2) is 33.9 Å². The van der Waals surface area contributed by atoms with Gasteiger partial charge in [-0.3, -0.25) is 13.6 Å². The molecule has 0 aromatic carbocycles. The lowest BCUT2D eigenvalue weighted by Gasteiger charge is -2.31. The van der Waals surface area contributed by atoms with Crippen molar-refractivity contribution in [2.45, 2.75) is 109 Å². The molecule has 4 nitrogen and oxygen atoms in total. The Hall–Kier alpha value is 0.144. The van der Waals surface area contributed by atoms with Crippen molar-refractivity contribution in [3.05, 3.63) is 0 Å². The van der Waals surface area contributed by atoms with E-state index in [4.69, 9.17) is 13.6 Å². The minimum atomic E-state index is -3.84. The Morgan fingerprint density at radius 2 is 1.16 bits per heavy atom. The van der Waals surface area contributed by atoms with Crippen LogP contribution in [0.1, 0.15) is 68.2 Å². The lowest BCUT2D eigenvalue weighted by atomic mass is 10.2. The Morgan fingerprint density at radius 1 is 0.806 bits per heavy atom. The zero-order chi connectivity index (χ0) is 24.8. The van der Waals surface area contributed by atoms with Gasteiger partial charge in [-0.15, -0.1) is 11.1 Å². The van der Waals surface area contributed by atoms with E-state index in [9.17, 15) is 4.57 Å². The maximum atomic E-state index is 13.3. The van der Waals surface area contributed by atoms with E-state index in [1.54, 1.807) is 0 Å². The lowest BCUT2D eigenvalue weighted by Crippen LogP contribution is -2.35. The lowest BCUT2D eigenvalue weighted by molar-refractivity contribution is 0.0821. The molecule has 180 valence electrons. The van der Waals surface area contributed by atoms with Crippen molar-refractivity contribution >= 4 is 39.9 Å². The third kappa shape index (κ3) is 11.2. The summed E-state index contributed by atoms with van der Waals surface area (Å²) < 4.78 is 29.5. The Labute approximate surface area is 202 Å². The molecule has 0 saturated heterocycles. The first-order chi connectivity index (χ1) is 13.7. The van der Waals surface area contributed by atoms with Crippen LogP contribution in [0.4, 0.5) is 0 Å². The van der Waals surface area contributed by atoms with Crippen molar-refractivity contribution in [1.29, 1.82) is 0 Å². The molecule has 0 bridgehead atoms. The van der Waals surface area contributed by atoms with Gasteiger partial charge in [0.2, 0.25) is 0 Å². The molecule has 0 amide bonds. The number of rotatable bonds is 8. The van der Waals surface area contributed by atoms with Crippen LogP contribution >= 0.6 is 23.8 Å². The molecule has 1 atom stereocenters. The maximum Gasteiger partial charge on any atom is 0.478 e. The minimum absolute atomic E-state index is 0.00530.